The van der Waals surface area contributed by atoms with Crippen LogP contribution >= 0.6 is 34.7 Å². The highest BCUT2D eigenvalue weighted by molar-refractivity contribution is 8.00. The van der Waals surface area contributed by atoms with E-state index < -0.39 is 40.6 Å². The zero-order valence-corrected chi connectivity index (χ0v) is 22.7. The maximum atomic E-state index is 13.9. The molecule has 1 fully saturated rings. The van der Waals surface area contributed by atoms with Crippen LogP contribution in [-0.4, -0.2) is 22.0 Å². The number of carbonyl (C=O) groups is 2. The molecule has 1 aromatic heterocycles. The Bertz CT molecular complexity index is 1700. The summed E-state index contributed by atoms with van der Waals surface area (Å²) >= 11 is 8.09. The molecule has 0 saturated carbocycles. The molecule has 3 atom stereocenters. The van der Waals surface area contributed by atoms with Crippen LogP contribution in [0.5, 0.6) is 5.75 Å². The van der Waals surface area contributed by atoms with E-state index in [1.54, 1.807) is 42.5 Å². The number of nitrogens with one attached hydrogen (secondary N) is 1. The van der Waals surface area contributed by atoms with Gasteiger partial charge in [0.2, 0.25) is 11.8 Å². The lowest BCUT2D eigenvalue weighted by atomic mass is 9.82. The van der Waals surface area contributed by atoms with Gasteiger partial charge in [0.05, 0.1) is 22.2 Å². The number of hydrogen-bond donors (Lipinski definition) is 1. The zero-order valence-electron chi connectivity index (χ0n) is 20.3. The van der Waals surface area contributed by atoms with Crippen molar-refractivity contribution >= 4 is 52.2 Å². The SMILES string of the molecule is O=C1C2Sc3[nH]c(=O)sc3[C@H](c3ccccc3OCc3cccc(Cl)c3)C2C(=O)N1c1cccc(C(F)(F)F)c1. The van der Waals surface area contributed by atoms with Gasteiger partial charge in [0, 0.05) is 21.4 Å². The molecule has 2 aliphatic heterocycles. The number of amides is 2. The second-order valence-electron chi connectivity index (χ2n) is 9.27. The molecule has 6 nitrogen and oxygen atoms in total. The smallest absolute Gasteiger partial charge is 0.416 e. The summed E-state index contributed by atoms with van der Waals surface area (Å²) in [7, 11) is 0. The first kappa shape index (κ1) is 26.7. The number of halogens is 4. The van der Waals surface area contributed by atoms with Gasteiger partial charge in [-0.05, 0) is 42.0 Å². The van der Waals surface area contributed by atoms with Gasteiger partial charge in [-0.3, -0.25) is 14.4 Å². The number of anilines is 1. The van der Waals surface area contributed by atoms with Crippen molar-refractivity contribution in [3.8, 4) is 5.75 Å². The standard InChI is InChI=1S/C28H18ClF3N2O4S2/c29-16-7-3-5-14(11-16)13-38-19-10-2-1-9-18(19)20-21-23(39-24-22(20)40-27(37)33-24)26(36)34(25(21)35)17-8-4-6-15(12-17)28(30,31)32/h1-12,20-21,23H,13H2,(H,33,37)/t20-,21?,23?/m1/s1. The number of thiazole rings is 1. The molecule has 0 spiro atoms. The third-order valence-corrected chi connectivity index (χ3v) is 9.43. The summed E-state index contributed by atoms with van der Waals surface area (Å²) < 4.78 is 46.4. The van der Waals surface area contributed by atoms with Crippen molar-refractivity contribution in [1.82, 2.24) is 4.98 Å². The van der Waals surface area contributed by atoms with Crippen LogP contribution in [0.1, 0.15) is 27.5 Å². The number of hydrogen-bond acceptors (Lipinski definition) is 6. The number of imide groups is 1. The van der Waals surface area contributed by atoms with E-state index >= 15 is 0 Å². The van der Waals surface area contributed by atoms with Crippen molar-refractivity contribution in [2.24, 2.45) is 5.92 Å². The largest absolute Gasteiger partial charge is 0.489 e. The van der Waals surface area contributed by atoms with Gasteiger partial charge in [-0.25, -0.2) is 4.90 Å². The Balaban J connectivity index is 1.42. The van der Waals surface area contributed by atoms with Gasteiger partial charge < -0.3 is 9.72 Å². The number of alkyl halides is 3. The highest BCUT2D eigenvalue weighted by atomic mass is 35.5. The first-order chi connectivity index (χ1) is 19.1. The molecule has 3 aromatic carbocycles. The number of H-pyrrole nitrogens is 1. The van der Waals surface area contributed by atoms with Gasteiger partial charge in [-0.1, -0.05) is 71.1 Å². The molecular formula is C28H18ClF3N2O4S2. The second kappa shape index (κ2) is 10.1. The quantitative estimate of drug-likeness (QED) is 0.264. The number of thioether (sulfide) groups is 1. The van der Waals surface area contributed by atoms with Crippen LogP contribution in [0, 0.1) is 5.92 Å². The average molecular weight is 603 g/mol. The minimum absolute atomic E-state index is 0.152. The fourth-order valence-corrected chi connectivity index (χ4v) is 7.80. The Hall–Kier alpha value is -3.54. The number of fused-ring (bicyclic) bond motifs is 2. The lowest BCUT2D eigenvalue weighted by Gasteiger charge is -2.30. The first-order valence-corrected chi connectivity index (χ1v) is 14.1. The number of benzene rings is 3. The molecule has 2 amide bonds. The maximum Gasteiger partial charge on any atom is 0.416 e. The van der Waals surface area contributed by atoms with Gasteiger partial charge in [0.25, 0.3) is 0 Å². The molecule has 2 unspecified atom stereocenters. The van der Waals surface area contributed by atoms with Gasteiger partial charge in [-0.15, -0.1) is 0 Å². The number of aromatic nitrogens is 1. The number of aromatic amines is 1. The Kier molecular flexibility index (Phi) is 6.76. The highest BCUT2D eigenvalue weighted by Gasteiger charge is 2.57. The van der Waals surface area contributed by atoms with E-state index in [-0.39, 0.29) is 17.2 Å². The van der Waals surface area contributed by atoms with Crippen molar-refractivity contribution < 1.29 is 27.5 Å². The lowest BCUT2D eigenvalue weighted by Crippen LogP contribution is -2.32. The maximum absolute atomic E-state index is 13.9. The molecular weight excluding hydrogens is 585 g/mol. The van der Waals surface area contributed by atoms with E-state index in [1.165, 1.54) is 12.1 Å². The second-order valence-corrected chi connectivity index (χ2v) is 11.9. The Morgan fingerprint density at radius 3 is 2.50 bits per heavy atom. The number of carbonyl (C=O) groups excluding carboxylic acids is 2. The van der Waals surface area contributed by atoms with Crippen LogP contribution in [0.15, 0.2) is 82.6 Å². The molecule has 0 bridgehead atoms. The molecule has 0 radical (unpaired) electrons. The minimum Gasteiger partial charge on any atom is -0.489 e. The van der Waals surface area contributed by atoms with Gasteiger partial charge in [0.15, 0.2) is 0 Å². The molecule has 3 heterocycles. The van der Waals surface area contributed by atoms with Crippen LogP contribution in [-0.2, 0) is 22.4 Å². The number of para-hydroxylation sites is 1. The third kappa shape index (κ3) is 4.71. The monoisotopic (exact) mass is 602 g/mol. The van der Waals surface area contributed by atoms with E-state index in [4.69, 9.17) is 16.3 Å². The topological polar surface area (TPSA) is 79.5 Å². The summed E-state index contributed by atoms with van der Waals surface area (Å²) in [6, 6.07) is 18.3. The summed E-state index contributed by atoms with van der Waals surface area (Å²) in [5.41, 5.74) is 0.284. The first-order valence-electron chi connectivity index (χ1n) is 12.0. The molecule has 6 rings (SSSR count). The summed E-state index contributed by atoms with van der Waals surface area (Å²) in [6.45, 7) is 0.173. The Labute approximate surface area is 238 Å². The van der Waals surface area contributed by atoms with E-state index in [2.05, 4.69) is 4.98 Å². The van der Waals surface area contributed by atoms with Crippen molar-refractivity contribution in [3.63, 3.8) is 0 Å². The fraction of sp³-hybridized carbons (Fsp3) is 0.179. The Morgan fingerprint density at radius 1 is 0.950 bits per heavy atom. The van der Waals surface area contributed by atoms with Crippen LogP contribution in [0.25, 0.3) is 0 Å². The van der Waals surface area contributed by atoms with E-state index in [0.717, 1.165) is 45.7 Å². The van der Waals surface area contributed by atoms with Crippen LogP contribution < -0.4 is 14.5 Å². The van der Waals surface area contributed by atoms with Crippen molar-refractivity contribution in [3.05, 3.63) is 109 Å². The van der Waals surface area contributed by atoms with Gasteiger partial charge in [-0.2, -0.15) is 13.2 Å². The van der Waals surface area contributed by atoms with E-state index in [9.17, 15) is 27.6 Å². The molecule has 12 heteroatoms. The molecule has 4 aromatic rings. The molecule has 0 aliphatic carbocycles. The van der Waals surface area contributed by atoms with Crippen molar-refractivity contribution in [1.29, 1.82) is 0 Å². The summed E-state index contributed by atoms with van der Waals surface area (Å²) in [5.74, 6) is -2.54. The zero-order chi connectivity index (χ0) is 28.2. The lowest BCUT2D eigenvalue weighted by molar-refractivity contribution is -0.137. The van der Waals surface area contributed by atoms with Crippen molar-refractivity contribution in [2.45, 2.75) is 29.0 Å². The summed E-state index contributed by atoms with van der Waals surface area (Å²) in [4.78, 5) is 43.7. The van der Waals surface area contributed by atoms with E-state index in [1.807, 2.05) is 6.07 Å². The van der Waals surface area contributed by atoms with Gasteiger partial charge >= 0.3 is 11.0 Å². The molecule has 40 heavy (non-hydrogen) atoms. The van der Waals surface area contributed by atoms with Crippen molar-refractivity contribution in [2.75, 3.05) is 4.90 Å². The summed E-state index contributed by atoms with van der Waals surface area (Å²) in [5, 5.41) is 0.0525. The minimum atomic E-state index is -4.64. The fourth-order valence-electron chi connectivity index (χ4n) is 5.08. The average Bonchev–Trinajstić information content (AvgIpc) is 3.41. The predicted molar refractivity (Wildman–Crippen MR) is 146 cm³/mol. The highest BCUT2D eigenvalue weighted by Crippen LogP contribution is 2.54. The van der Waals surface area contributed by atoms with Crippen LogP contribution in [0.3, 0.4) is 0 Å². The molecule has 204 valence electrons. The third-order valence-electron chi connectivity index (χ3n) is 6.79. The van der Waals surface area contributed by atoms with E-state index in [0.29, 0.717) is 26.2 Å². The number of rotatable bonds is 5. The molecule has 1 N–H and O–H groups in total. The summed E-state index contributed by atoms with van der Waals surface area (Å²) in [6.07, 6.45) is -4.64. The van der Waals surface area contributed by atoms with Gasteiger partial charge in [0.1, 0.15) is 17.6 Å². The molecule has 2 aliphatic rings. The number of nitrogens with zero attached hydrogens (tertiary/aromatic N) is 1. The van der Waals surface area contributed by atoms with Crippen LogP contribution in [0.4, 0.5) is 18.9 Å². The normalized spacial score (nSPS) is 20.4. The number of ether oxygens (including phenoxy) is 1. The Morgan fingerprint density at radius 2 is 1.73 bits per heavy atom. The van der Waals surface area contributed by atoms with Crippen LogP contribution in [0.2, 0.25) is 5.02 Å². The predicted octanol–water partition coefficient (Wildman–Crippen LogP) is 6.48. The molecule has 1 saturated heterocycles.